The lowest BCUT2D eigenvalue weighted by Crippen LogP contribution is -1.79. The first kappa shape index (κ1) is 11.1. The van der Waals surface area contributed by atoms with Gasteiger partial charge in [0.15, 0.2) is 0 Å². The van der Waals surface area contributed by atoms with E-state index in [1.54, 1.807) is 0 Å². The Labute approximate surface area is 117 Å². The molecule has 2 heteroatoms. The third-order valence-electron chi connectivity index (χ3n) is 3.70. The van der Waals surface area contributed by atoms with Gasteiger partial charge in [0, 0.05) is 24.8 Å². The van der Waals surface area contributed by atoms with E-state index in [1.165, 1.54) is 33.0 Å². The molecule has 2 nitrogen and oxygen atoms in total. The fraction of sp³-hybridized carbons (Fsp3) is 0. The first-order valence-electron chi connectivity index (χ1n) is 6.70. The molecular weight excluding hydrogens is 244 g/mol. The Morgan fingerprint density at radius 3 is 1.40 bits per heavy atom. The molecule has 0 aliphatic carbocycles. The normalized spacial score (nSPS) is 11.0. The highest BCUT2D eigenvalue weighted by atomic mass is 14.6. The number of benzene rings is 2. The number of fused-ring (bicyclic) bond motifs is 1. The zero-order valence-electron chi connectivity index (χ0n) is 10.9. The molecular formula is C18H14N2. The summed E-state index contributed by atoms with van der Waals surface area (Å²) in [7, 11) is 0. The Bertz CT molecular complexity index is 767. The number of H-pyrrole nitrogens is 2. The molecule has 2 aromatic heterocycles. The maximum Gasteiger partial charge on any atom is 0.00841 e. The Morgan fingerprint density at radius 2 is 1.00 bits per heavy atom. The topological polar surface area (TPSA) is 31.6 Å². The molecule has 20 heavy (non-hydrogen) atoms. The van der Waals surface area contributed by atoms with Crippen molar-refractivity contribution in [3.8, 4) is 22.3 Å². The number of nitrogens with one attached hydrogen (secondary N) is 2. The second-order valence-electron chi connectivity index (χ2n) is 4.98. The van der Waals surface area contributed by atoms with Crippen molar-refractivity contribution in [2.75, 3.05) is 0 Å². The molecule has 0 aliphatic heterocycles. The van der Waals surface area contributed by atoms with Crippen molar-refractivity contribution < 1.29 is 0 Å². The van der Waals surface area contributed by atoms with Gasteiger partial charge in [-0.1, -0.05) is 24.3 Å². The number of rotatable bonds is 2. The molecule has 0 atom stereocenters. The Hall–Kier alpha value is -2.74. The molecule has 0 radical (unpaired) electrons. The quantitative estimate of drug-likeness (QED) is 0.516. The predicted molar refractivity (Wildman–Crippen MR) is 83.5 cm³/mol. The van der Waals surface area contributed by atoms with Gasteiger partial charge in [-0.25, -0.2) is 0 Å². The van der Waals surface area contributed by atoms with Crippen LogP contribution in [-0.4, -0.2) is 9.97 Å². The van der Waals surface area contributed by atoms with Gasteiger partial charge in [0.05, 0.1) is 0 Å². The highest BCUT2D eigenvalue weighted by Gasteiger charge is 2.03. The zero-order chi connectivity index (χ0) is 13.4. The van der Waals surface area contributed by atoms with Crippen LogP contribution < -0.4 is 0 Å². The van der Waals surface area contributed by atoms with E-state index in [4.69, 9.17) is 0 Å². The molecule has 96 valence electrons. The average Bonchev–Trinajstić information content (AvgIpc) is 3.19. The maximum atomic E-state index is 3.10. The molecule has 4 aromatic rings. The lowest BCUT2D eigenvalue weighted by Gasteiger charge is -2.04. The fourth-order valence-electron chi connectivity index (χ4n) is 2.61. The van der Waals surface area contributed by atoms with Crippen molar-refractivity contribution in [3.05, 3.63) is 73.3 Å². The first-order chi connectivity index (χ1) is 9.90. The van der Waals surface area contributed by atoms with Crippen LogP contribution in [0.1, 0.15) is 0 Å². The summed E-state index contributed by atoms with van der Waals surface area (Å²) in [5.41, 5.74) is 4.93. The molecule has 2 heterocycles. The lowest BCUT2D eigenvalue weighted by atomic mass is 10.00. The van der Waals surface area contributed by atoms with E-state index in [2.05, 4.69) is 58.5 Å². The Kier molecular flexibility index (Phi) is 2.46. The zero-order valence-corrected chi connectivity index (χ0v) is 10.9. The van der Waals surface area contributed by atoms with Crippen LogP contribution in [0.5, 0.6) is 0 Å². The van der Waals surface area contributed by atoms with Crippen LogP contribution in [0.25, 0.3) is 33.0 Å². The number of aromatic nitrogens is 2. The largest absolute Gasteiger partial charge is 0.367 e. The summed E-state index contributed by atoms with van der Waals surface area (Å²) >= 11 is 0. The van der Waals surface area contributed by atoms with Crippen molar-refractivity contribution in [2.24, 2.45) is 0 Å². The third-order valence-corrected chi connectivity index (χ3v) is 3.70. The highest BCUT2D eigenvalue weighted by Crippen LogP contribution is 2.28. The maximum absolute atomic E-state index is 3.10. The fourth-order valence-corrected chi connectivity index (χ4v) is 2.61. The summed E-state index contributed by atoms with van der Waals surface area (Å²) in [5, 5.41) is 2.53. The summed E-state index contributed by atoms with van der Waals surface area (Å²) in [4.78, 5) is 6.20. The van der Waals surface area contributed by atoms with Gasteiger partial charge in [0.2, 0.25) is 0 Å². The molecule has 0 fully saturated rings. The van der Waals surface area contributed by atoms with Crippen LogP contribution in [0.2, 0.25) is 0 Å². The summed E-state index contributed by atoms with van der Waals surface area (Å²) in [6, 6.07) is 17.4. The van der Waals surface area contributed by atoms with Crippen molar-refractivity contribution >= 4 is 10.8 Å². The molecule has 0 unspecified atom stereocenters. The molecule has 0 saturated carbocycles. The van der Waals surface area contributed by atoms with Gasteiger partial charge in [-0.2, -0.15) is 0 Å². The molecule has 0 saturated heterocycles. The van der Waals surface area contributed by atoms with Crippen LogP contribution in [0.3, 0.4) is 0 Å². The van der Waals surface area contributed by atoms with Crippen molar-refractivity contribution in [2.45, 2.75) is 0 Å². The summed E-state index contributed by atoms with van der Waals surface area (Å²) in [6.45, 7) is 0. The van der Waals surface area contributed by atoms with Gasteiger partial charge in [0.25, 0.3) is 0 Å². The van der Waals surface area contributed by atoms with E-state index in [-0.39, 0.29) is 0 Å². The summed E-state index contributed by atoms with van der Waals surface area (Å²) in [6.07, 6.45) is 7.95. The number of aromatic amines is 2. The molecule has 2 aromatic carbocycles. The highest BCUT2D eigenvalue weighted by molar-refractivity contribution is 5.90. The third kappa shape index (κ3) is 1.82. The van der Waals surface area contributed by atoms with Gasteiger partial charge in [0.1, 0.15) is 0 Å². The molecule has 0 bridgehead atoms. The molecule has 0 amide bonds. The van der Waals surface area contributed by atoms with E-state index in [0.29, 0.717) is 0 Å². The van der Waals surface area contributed by atoms with Gasteiger partial charge in [-0.3, -0.25) is 0 Å². The minimum Gasteiger partial charge on any atom is -0.367 e. The molecule has 2 N–H and O–H groups in total. The van der Waals surface area contributed by atoms with Crippen LogP contribution in [0, 0.1) is 0 Å². The molecule has 0 aliphatic rings. The van der Waals surface area contributed by atoms with Crippen molar-refractivity contribution in [3.63, 3.8) is 0 Å². The van der Waals surface area contributed by atoms with E-state index in [9.17, 15) is 0 Å². The molecule has 0 spiro atoms. The molecule has 4 rings (SSSR count). The Morgan fingerprint density at radius 1 is 0.500 bits per heavy atom. The van der Waals surface area contributed by atoms with Gasteiger partial charge >= 0.3 is 0 Å². The van der Waals surface area contributed by atoms with Gasteiger partial charge in [-0.05, 0) is 57.3 Å². The number of hydrogen-bond acceptors (Lipinski definition) is 0. The van der Waals surface area contributed by atoms with Crippen LogP contribution in [0.4, 0.5) is 0 Å². The standard InChI is InChI=1S/C18H14N2/c1-3-15(17-5-7-19-11-17)10-14-2-4-16(9-13(1)14)18-6-8-20-12-18/h1-12,19-20H. The van der Waals surface area contributed by atoms with Crippen molar-refractivity contribution in [1.29, 1.82) is 0 Å². The van der Waals surface area contributed by atoms with Gasteiger partial charge in [-0.15, -0.1) is 0 Å². The van der Waals surface area contributed by atoms with E-state index < -0.39 is 0 Å². The summed E-state index contributed by atoms with van der Waals surface area (Å²) in [5.74, 6) is 0. The SMILES string of the molecule is c1cc(-c2ccc3cc(-c4cc[nH]c4)ccc3c2)c[nH]1. The van der Waals surface area contributed by atoms with Gasteiger partial charge < -0.3 is 9.97 Å². The minimum atomic E-state index is 1.22. The van der Waals surface area contributed by atoms with Crippen molar-refractivity contribution in [1.82, 2.24) is 9.97 Å². The van der Waals surface area contributed by atoms with E-state index in [1.807, 2.05) is 24.8 Å². The minimum absolute atomic E-state index is 1.22. The van der Waals surface area contributed by atoms with E-state index in [0.717, 1.165) is 0 Å². The van der Waals surface area contributed by atoms with Crippen LogP contribution in [0.15, 0.2) is 73.3 Å². The van der Waals surface area contributed by atoms with Crippen LogP contribution in [-0.2, 0) is 0 Å². The first-order valence-corrected chi connectivity index (χ1v) is 6.70. The second-order valence-corrected chi connectivity index (χ2v) is 4.98. The summed E-state index contributed by atoms with van der Waals surface area (Å²) < 4.78 is 0. The predicted octanol–water partition coefficient (Wildman–Crippen LogP) is 4.83. The lowest BCUT2D eigenvalue weighted by molar-refractivity contribution is 1.41. The monoisotopic (exact) mass is 258 g/mol. The van der Waals surface area contributed by atoms with E-state index >= 15 is 0 Å². The number of hydrogen-bond donors (Lipinski definition) is 2. The van der Waals surface area contributed by atoms with Crippen LogP contribution >= 0.6 is 0 Å². The second kappa shape index (κ2) is 4.42. The average molecular weight is 258 g/mol. The Balaban J connectivity index is 1.83. The smallest absolute Gasteiger partial charge is 0.00841 e.